The molecule has 6 heteroatoms. The smallest absolute Gasteiger partial charge is 0.316 e. The summed E-state index contributed by atoms with van der Waals surface area (Å²) >= 11 is 0. The average molecular weight is 396 g/mol. The molecule has 2 aromatic carbocycles. The maximum atomic E-state index is 13.2. The van der Waals surface area contributed by atoms with Gasteiger partial charge in [0.2, 0.25) is 11.2 Å². The van der Waals surface area contributed by atoms with Crippen LogP contribution in [0.25, 0.3) is 22.3 Å². The van der Waals surface area contributed by atoms with Gasteiger partial charge in [0, 0.05) is 5.56 Å². The van der Waals surface area contributed by atoms with Crippen molar-refractivity contribution in [2.45, 2.75) is 27.7 Å². The summed E-state index contributed by atoms with van der Waals surface area (Å²) in [6.45, 7) is 7.06. The standard InChI is InChI=1S/C23H24O6/c1-13-7-9-15-17(11-13)28-20(14-8-10-16(26-5)18(12-14)27-6)21(19(15)24)29-22(25)23(2,3)4/h7-12H,1-6H3. The number of carbonyl (C=O) groups is 1. The van der Waals surface area contributed by atoms with E-state index in [0.29, 0.717) is 28.0 Å². The molecule has 0 amide bonds. The molecule has 0 unspecified atom stereocenters. The van der Waals surface area contributed by atoms with Crippen LogP contribution in [0.1, 0.15) is 26.3 Å². The number of fused-ring (bicyclic) bond motifs is 1. The van der Waals surface area contributed by atoms with E-state index in [1.54, 1.807) is 51.1 Å². The number of esters is 1. The molecule has 1 heterocycles. The fraction of sp³-hybridized carbons (Fsp3) is 0.304. The van der Waals surface area contributed by atoms with Gasteiger partial charge < -0.3 is 18.6 Å². The van der Waals surface area contributed by atoms with Crippen LogP contribution < -0.4 is 19.6 Å². The Hall–Kier alpha value is -3.28. The highest BCUT2D eigenvalue weighted by molar-refractivity contribution is 5.86. The third-order valence-corrected chi connectivity index (χ3v) is 4.46. The van der Waals surface area contributed by atoms with Gasteiger partial charge >= 0.3 is 5.97 Å². The van der Waals surface area contributed by atoms with Gasteiger partial charge in [0.25, 0.3) is 0 Å². The van der Waals surface area contributed by atoms with E-state index in [9.17, 15) is 9.59 Å². The summed E-state index contributed by atoms with van der Waals surface area (Å²) in [7, 11) is 3.05. The van der Waals surface area contributed by atoms with Gasteiger partial charge in [0.05, 0.1) is 25.0 Å². The van der Waals surface area contributed by atoms with Crippen molar-refractivity contribution >= 4 is 16.9 Å². The molecule has 0 saturated carbocycles. The highest BCUT2D eigenvalue weighted by Crippen LogP contribution is 2.37. The molecule has 0 saturated heterocycles. The van der Waals surface area contributed by atoms with E-state index in [0.717, 1.165) is 5.56 Å². The van der Waals surface area contributed by atoms with Crippen LogP contribution in [0.4, 0.5) is 0 Å². The molecule has 0 atom stereocenters. The Bertz CT molecular complexity index is 1130. The molecule has 0 fully saturated rings. The highest BCUT2D eigenvalue weighted by Gasteiger charge is 2.28. The molecule has 3 rings (SSSR count). The summed E-state index contributed by atoms with van der Waals surface area (Å²) in [5.41, 5.74) is 0.686. The van der Waals surface area contributed by atoms with Gasteiger partial charge in [-0.2, -0.15) is 0 Å². The predicted octanol–water partition coefficient (Wildman–Crippen LogP) is 4.74. The van der Waals surface area contributed by atoms with Crippen LogP contribution >= 0.6 is 0 Å². The average Bonchev–Trinajstić information content (AvgIpc) is 2.68. The van der Waals surface area contributed by atoms with Crippen molar-refractivity contribution < 1.29 is 23.4 Å². The maximum Gasteiger partial charge on any atom is 0.316 e. The second-order valence-corrected chi connectivity index (χ2v) is 7.80. The Labute approximate surface area is 169 Å². The summed E-state index contributed by atoms with van der Waals surface area (Å²) < 4.78 is 22.2. The molecular weight excluding hydrogens is 372 g/mol. The van der Waals surface area contributed by atoms with Crippen LogP contribution in [0.3, 0.4) is 0 Å². The van der Waals surface area contributed by atoms with Crippen molar-refractivity contribution in [2.75, 3.05) is 14.2 Å². The van der Waals surface area contributed by atoms with E-state index in [4.69, 9.17) is 18.6 Å². The Balaban J connectivity index is 2.30. The van der Waals surface area contributed by atoms with Crippen molar-refractivity contribution in [3.63, 3.8) is 0 Å². The molecule has 0 aliphatic heterocycles. The molecule has 0 radical (unpaired) electrons. The first-order chi connectivity index (χ1) is 13.7. The predicted molar refractivity (Wildman–Crippen MR) is 111 cm³/mol. The lowest BCUT2D eigenvalue weighted by molar-refractivity contribution is -0.143. The zero-order valence-corrected chi connectivity index (χ0v) is 17.4. The monoisotopic (exact) mass is 396 g/mol. The van der Waals surface area contributed by atoms with Crippen molar-refractivity contribution in [3.8, 4) is 28.6 Å². The van der Waals surface area contributed by atoms with Gasteiger partial charge in [-0.05, 0) is 63.6 Å². The second-order valence-electron chi connectivity index (χ2n) is 7.80. The summed E-state index contributed by atoms with van der Waals surface area (Å²) in [5.74, 6) is 0.478. The topological polar surface area (TPSA) is 75.0 Å². The zero-order chi connectivity index (χ0) is 21.3. The Morgan fingerprint density at radius 1 is 0.966 bits per heavy atom. The van der Waals surface area contributed by atoms with E-state index in [-0.39, 0.29) is 11.5 Å². The molecule has 1 aromatic heterocycles. The van der Waals surface area contributed by atoms with E-state index in [1.807, 2.05) is 13.0 Å². The van der Waals surface area contributed by atoms with Gasteiger partial charge in [-0.15, -0.1) is 0 Å². The number of carbonyl (C=O) groups excluding carboxylic acids is 1. The van der Waals surface area contributed by atoms with E-state index >= 15 is 0 Å². The van der Waals surface area contributed by atoms with Crippen molar-refractivity contribution in [2.24, 2.45) is 5.41 Å². The Kier molecular flexibility index (Phi) is 5.38. The maximum absolute atomic E-state index is 13.2. The fourth-order valence-corrected chi connectivity index (χ4v) is 2.79. The van der Waals surface area contributed by atoms with Crippen LogP contribution in [-0.2, 0) is 4.79 Å². The number of methoxy groups -OCH3 is 2. The molecule has 6 nitrogen and oxygen atoms in total. The molecule has 0 bridgehead atoms. The summed E-state index contributed by atoms with van der Waals surface area (Å²) in [4.78, 5) is 25.7. The molecular formula is C23H24O6. The minimum Gasteiger partial charge on any atom is -0.493 e. The molecule has 0 spiro atoms. The van der Waals surface area contributed by atoms with Crippen LogP contribution in [-0.4, -0.2) is 20.2 Å². The minimum absolute atomic E-state index is 0.145. The lowest BCUT2D eigenvalue weighted by atomic mass is 9.97. The molecule has 3 aromatic rings. The van der Waals surface area contributed by atoms with Crippen molar-refractivity contribution in [1.82, 2.24) is 0 Å². The van der Waals surface area contributed by atoms with Gasteiger partial charge in [-0.3, -0.25) is 9.59 Å². The largest absolute Gasteiger partial charge is 0.493 e. The summed E-state index contributed by atoms with van der Waals surface area (Å²) in [5, 5.41) is 0.344. The molecule has 0 N–H and O–H groups in total. The number of rotatable bonds is 4. The summed E-state index contributed by atoms with van der Waals surface area (Å²) in [6, 6.07) is 10.3. The number of ether oxygens (including phenoxy) is 3. The van der Waals surface area contributed by atoms with Crippen LogP contribution in [0, 0.1) is 12.3 Å². The molecule has 29 heavy (non-hydrogen) atoms. The molecule has 152 valence electrons. The van der Waals surface area contributed by atoms with Gasteiger partial charge in [-0.1, -0.05) is 6.07 Å². The van der Waals surface area contributed by atoms with Gasteiger partial charge in [-0.25, -0.2) is 0 Å². The third-order valence-electron chi connectivity index (χ3n) is 4.46. The number of aryl methyl sites for hydroxylation is 1. The third kappa shape index (κ3) is 3.97. The second kappa shape index (κ2) is 7.62. The number of hydrogen-bond donors (Lipinski definition) is 0. The van der Waals surface area contributed by atoms with Crippen LogP contribution in [0.15, 0.2) is 45.6 Å². The zero-order valence-electron chi connectivity index (χ0n) is 17.4. The first-order valence-corrected chi connectivity index (χ1v) is 9.18. The number of hydrogen-bond acceptors (Lipinski definition) is 6. The van der Waals surface area contributed by atoms with Crippen LogP contribution in [0.5, 0.6) is 17.2 Å². The molecule has 0 aliphatic carbocycles. The van der Waals surface area contributed by atoms with E-state index in [2.05, 4.69) is 0 Å². The highest BCUT2D eigenvalue weighted by atomic mass is 16.5. The first kappa shape index (κ1) is 20.5. The SMILES string of the molecule is COc1ccc(-c2oc3cc(C)ccc3c(=O)c2OC(=O)C(C)(C)C)cc1OC. The van der Waals surface area contributed by atoms with Crippen molar-refractivity contribution in [3.05, 3.63) is 52.2 Å². The van der Waals surface area contributed by atoms with E-state index < -0.39 is 16.8 Å². The quantitative estimate of drug-likeness (QED) is 0.593. The van der Waals surface area contributed by atoms with Crippen molar-refractivity contribution in [1.29, 1.82) is 0 Å². The lowest BCUT2D eigenvalue weighted by Gasteiger charge is -2.18. The first-order valence-electron chi connectivity index (χ1n) is 9.18. The Morgan fingerprint density at radius 2 is 1.66 bits per heavy atom. The fourth-order valence-electron chi connectivity index (χ4n) is 2.79. The van der Waals surface area contributed by atoms with Gasteiger partial charge in [0.1, 0.15) is 5.58 Å². The van der Waals surface area contributed by atoms with Crippen LogP contribution in [0.2, 0.25) is 0 Å². The minimum atomic E-state index is -0.788. The normalized spacial score (nSPS) is 11.4. The Morgan fingerprint density at radius 3 is 2.28 bits per heavy atom. The van der Waals surface area contributed by atoms with Gasteiger partial charge in [0.15, 0.2) is 17.3 Å². The summed E-state index contributed by atoms with van der Waals surface area (Å²) in [6.07, 6.45) is 0. The lowest BCUT2D eigenvalue weighted by Crippen LogP contribution is -2.28. The number of benzene rings is 2. The molecule has 0 aliphatic rings. The van der Waals surface area contributed by atoms with E-state index in [1.165, 1.54) is 14.2 Å².